The Bertz CT molecular complexity index is 1240. The number of aryl methyl sites for hydroxylation is 2. The molecule has 27 heavy (non-hydrogen) atoms. The molecule has 0 spiro atoms. The van der Waals surface area contributed by atoms with Gasteiger partial charge in [0.2, 0.25) is 0 Å². The highest BCUT2D eigenvalue weighted by atomic mass is 16.5. The maximum absolute atomic E-state index is 12.6. The highest BCUT2D eigenvalue weighted by Crippen LogP contribution is 2.28. The van der Waals surface area contributed by atoms with E-state index in [1.807, 2.05) is 50.2 Å². The highest BCUT2D eigenvalue weighted by Gasteiger charge is 2.15. The number of carbonyl (C=O) groups excluding carboxylic acids is 1. The van der Waals surface area contributed by atoms with E-state index in [2.05, 4.69) is 4.98 Å². The third-order valence-corrected chi connectivity index (χ3v) is 4.52. The van der Waals surface area contributed by atoms with Crippen molar-refractivity contribution in [2.45, 2.75) is 20.3 Å². The third-order valence-electron chi connectivity index (χ3n) is 4.52. The van der Waals surface area contributed by atoms with Gasteiger partial charge in [0, 0.05) is 22.9 Å². The molecule has 0 radical (unpaired) electrons. The molecule has 0 atom stereocenters. The van der Waals surface area contributed by atoms with Crippen molar-refractivity contribution in [3.8, 4) is 5.75 Å². The fraction of sp³-hybridized carbons (Fsp3) is 0.136. The van der Waals surface area contributed by atoms with Gasteiger partial charge in [-0.25, -0.2) is 14.6 Å². The molecule has 2 aromatic heterocycles. The molecule has 0 aliphatic rings. The lowest BCUT2D eigenvalue weighted by Gasteiger charge is -2.11. The molecule has 5 nitrogen and oxygen atoms in total. The van der Waals surface area contributed by atoms with Crippen LogP contribution in [-0.4, -0.2) is 11.0 Å². The van der Waals surface area contributed by atoms with E-state index in [1.54, 1.807) is 12.1 Å². The lowest BCUT2D eigenvalue weighted by Crippen LogP contribution is -2.12. The molecular weight excluding hydrogens is 342 g/mol. The summed E-state index contributed by atoms with van der Waals surface area (Å²) in [5.74, 6) is -0.177. The molecule has 0 N–H and O–H groups in total. The van der Waals surface area contributed by atoms with Gasteiger partial charge in [0.05, 0.1) is 5.52 Å². The van der Waals surface area contributed by atoms with Crippen molar-refractivity contribution in [3.05, 3.63) is 81.8 Å². The second-order valence-electron chi connectivity index (χ2n) is 6.34. The zero-order valence-corrected chi connectivity index (χ0v) is 15.0. The number of hydrogen-bond acceptors (Lipinski definition) is 5. The number of benzene rings is 2. The molecule has 2 heterocycles. The lowest BCUT2D eigenvalue weighted by molar-refractivity contribution is 0.0727. The van der Waals surface area contributed by atoms with Crippen molar-refractivity contribution >= 4 is 27.8 Å². The zero-order valence-electron chi connectivity index (χ0n) is 15.0. The van der Waals surface area contributed by atoms with E-state index in [9.17, 15) is 9.59 Å². The summed E-state index contributed by atoms with van der Waals surface area (Å²) in [4.78, 5) is 28.6. The molecule has 134 valence electrons. The van der Waals surface area contributed by atoms with Crippen molar-refractivity contribution in [2.75, 3.05) is 0 Å². The number of fused-ring (bicyclic) bond motifs is 2. The van der Waals surface area contributed by atoms with Gasteiger partial charge < -0.3 is 9.15 Å². The van der Waals surface area contributed by atoms with E-state index in [1.165, 1.54) is 6.07 Å². The molecule has 0 amide bonds. The number of esters is 1. The Labute approximate surface area is 155 Å². The Balaban J connectivity index is 1.74. The summed E-state index contributed by atoms with van der Waals surface area (Å²) >= 11 is 0. The number of pyridine rings is 1. The average Bonchev–Trinajstić information content (AvgIpc) is 2.67. The number of carbonyl (C=O) groups is 1. The zero-order chi connectivity index (χ0) is 19.0. The summed E-state index contributed by atoms with van der Waals surface area (Å²) in [5.41, 5.74) is 2.59. The van der Waals surface area contributed by atoms with Gasteiger partial charge in [0.25, 0.3) is 0 Å². The summed E-state index contributed by atoms with van der Waals surface area (Å²) in [6, 6.07) is 16.0. The first kappa shape index (κ1) is 17.0. The van der Waals surface area contributed by atoms with Crippen molar-refractivity contribution < 1.29 is 13.9 Å². The van der Waals surface area contributed by atoms with Crippen LogP contribution < -0.4 is 10.4 Å². The van der Waals surface area contributed by atoms with Gasteiger partial charge in [-0.15, -0.1) is 0 Å². The minimum absolute atomic E-state index is 0.224. The number of hydrogen-bond donors (Lipinski definition) is 0. The number of para-hydroxylation sites is 1. The molecule has 4 rings (SSSR count). The second kappa shape index (κ2) is 6.68. The maximum Gasteiger partial charge on any atom is 0.362 e. The van der Waals surface area contributed by atoms with Gasteiger partial charge in [0.15, 0.2) is 0 Å². The molecular formula is C22H17NO4. The molecule has 0 aliphatic carbocycles. The van der Waals surface area contributed by atoms with Crippen LogP contribution in [0.2, 0.25) is 0 Å². The predicted octanol–water partition coefficient (Wildman–Crippen LogP) is 4.43. The average molecular weight is 359 g/mol. The van der Waals surface area contributed by atoms with Crippen LogP contribution in [0.4, 0.5) is 0 Å². The minimum Gasteiger partial charge on any atom is -0.423 e. The molecule has 0 bridgehead atoms. The Kier molecular flexibility index (Phi) is 4.20. The summed E-state index contributed by atoms with van der Waals surface area (Å²) in [7, 11) is 0. The second-order valence-corrected chi connectivity index (χ2v) is 6.34. The molecule has 0 saturated carbocycles. The largest absolute Gasteiger partial charge is 0.423 e. The van der Waals surface area contributed by atoms with Gasteiger partial charge in [-0.3, -0.25) is 0 Å². The first-order valence-electron chi connectivity index (χ1n) is 8.70. The van der Waals surface area contributed by atoms with E-state index in [0.717, 1.165) is 27.4 Å². The first-order valence-corrected chi connectivity index (χ1v) is 8.70. The van der Waals surface area contributed by atoms with Crippen LogP contribution in [0, 0.1) is 6.92 Å². The van der Waals surface area contributed by atoms with Crippen LogP contribution in [0.5, 0.6) is 5.75 Å². The first-order chi connectivity index (χ1) is 13.0. The third kappa shape index (κ3) is 3.19. The molecule has 0 saturated heterocycles. The summed E-state index contributed by atoms with van der Waals surface area (Å²) < 4.78 is 10.9. The van der Waals surface area contributed by atoms with Crippen LogP contribution in [0.3, 0.4) is 0 Å². The normalized spacial score (nSPS) is 11.0. The van der Waals surface area contributed by atoms with Crippen molar-refractivity contribution in [1.29, 1.82) is 0 Å². The quantitative estimate of drug-likeness (QED) is 0.307. The fourth-order valence-corrected chi connectivity index (χ4v) is 3.09. The van der Waals surface area contributed by atoms with Crippen molar-refractivity contribution in [1.82, 2.24) is 4.98 Å². The van der Waals surface area contributed by atoms with E-state index >= 15 is 0 Å². The highest BCUT2D eigenvalue weighted by molar-refractivity contribution is 5.93. The van der Waals surface area contributed by atoms with Gasteiger partial charge in [-0.1, -0.05) is 31.2 Å². The SMILES string of the molecule is CCc1cc2c(C)cc(=O)oc2cc1OC(=O)c1ccc2ccccc2n1. The predicted molar refractivity (Wildman–Crippen MR) is 103 cm³/mol. The molecule has 0 aliphatic heterocycles. The summed E-state index contributed by atoms with van der Waals surface area (Å²) in [6.45, 7) is 3.82. The molecule has 0 fully saturated rings. The number of ether oxygens (including phenoxy) is 1. The minimum atomic E-state index is -0.551. The van der Waals surface area contributed by atoms with Gasteiger partial charge in [-0.05, 0) is 42.7 Å². The fourth-order valence-electron chi connectivity index (χ4n) is 3.09. The maximum atomic E-state index is 12.6. The van der Waals surface area contributed by atoms with Crippen LogP contribution in [0.1, 0.15) is 28.5 Å². The molecule has 0 unspecified atom stereocenters. The van der Waals surface area contributed by atoms with Crippen molar-refractivity contribution in [2.24, 2.45) is 0 Å². The molecule has 2 aromatic carbocycles. The van der Waals surface area contributed by atoms with Gasteiger partial charge >= 0.3 is 11.6 Å². The Morgan fingerprint density at radius 3 is 2.74 bits per heavy atom. The van der Waals surface area contributed by atoms with Gasteiger partial charge in [0.1, 0.15) is 17.0 Å². The summed E-state index contributed by atoms with van der Waals surface area (Å²) in [6.07, 6.45) is 0.669. The van der Waals surface area contributed by atoms with E-state index in [4.69, 9.17) is 9.15 Å². The summed E-state index contributed by atoms with van der Waals surface area (Å²) in [5, 5.41) is 1.78. The van der Waals surface area contributed by atoms with Crippen LogP contribution in [0.25, 0.3) is 21.9 Å². The standard InChI is InChI=1S/C22H17NO4/c1-3-14-11-16-13(2)10-21(24)26-20(16)12-19(14)27-22(25)18-9-8-15-6-4-5-7-17(15)23-18/h4-12H,3H2,1-2H3. The van der Waals surface area contributed by atoms with E-state index in [-0.39, 0.29) is 5.69 Å². The van der Waals surface area contributed by atoms with Crippen LogP contribution in [-0.2, 0) is 6.42 Å². The Morgan fingerprint density at radius 2 is 1.93 bits per heavy atom. The monoisotopic (exact) mass is 359 g/mol. The van der Waals surface area contributed by atoms with Gasteiger partial charge in [-0.2, -0.15) is 0 Å². The smallest absolute Gasteiger partial charge is 0.362 e. The van der Waals surface area contributed by atoms with Crippen molar-refractivity contribution in [3.63, 3.8) is 0 Å². The molecule has 5 heteroatoms. The van der Waals surface area contributed by atoms with E-state index in [0.29, 0.717) is 17.8 Å². The topological polar surface area (TPSA) is 69.4 Å². The van der Waals surface area contributed by atoms with E-state index < -0.39 is 11.6 Å². The Morgan fingerprint density at radius 1 is 1.11 bits per heavy atom. The Hall–Kier alpha value is -3.47. The van der Waals surface area contributed by atoms with Crippen LogP contribution >= 0.6 is 0 Å². The molecule has 4 aromatic rings. The number of nitrogens with zero attached hydrogens (tertiary/aromatic N) is 1. The lowest BCUT2D eigenvalue weighted by atomic mass is 10.1. The number of rotatable bonds is 3. The number of aromatic nitrogens is 1. The van der Waals surface area contributed by atoms with Crippen LogP contribution in [0.15, 0.2) is 63.8 Å².